The van der Waals surface area contributed by atoms with E-state index in [0.29, 0.717) is 18.9 Å². The standard InChI is InChI=1S/C11H21NO2/c1-8(2)7-10(12)11(13)14-6-5-9-3-4-9/h8-10H,3-7,12H2,1-2H3. The van der Waals surface area contributed by atoms with Crippen molar-refractivity contribution in [3.05, 3.63) is 0 Å². The Morgan fingerprint density at radius 1 is 1.50 bits per heavy atom. The van der Waals surface area contributed by atoms with Gasteiger partial charge in [0.2, 0.25) is 0 Å². The zero-order valence-corrected chi connectivity index (χ0v) is 9.16. The molecule has 1 atom stereocenters. The molecule has 0 aliphatic heterocycles. The highest BCUT2D eigenvalue weighted by molar-refractivity contribution is 5.75. The van der Waals surface area contributed by atoms with Crippen LogP contribution >= 0.6 is 0 Å². The van der Waals surface area contributed by atoms with Crippen LogP contribution in [0.5, 0.6) is 0 Å². The quantitative estimate of drug-likeness (QED) is 0.662. The van der Waals surface area contributed by atoms with Gasteiger partial charge < -0.3 is 10.5 Å². The lowest BCUT2D eigenvalue weighted by molar-refractivity contribution is -0.145. The Morgan fingerprint density at radius 2 is 2.14 bits per heavy atom. The van der Waals surface area contributed by atoms with Crippen molar-refractivity contribution in [2.24, 2.45) is 17.6 Å². The maximum Gasteiger partial charge on any atom is 0.322 e. The molecule has 1 rings (SSSR count). The summed E-state index contributed by atoms with van der Waals surface area (Å²) in [4.78, 5) is 11.3. The van der Waals surface area contributed by atoms with Crippen LogP contribution < -0.4 is 5.73 Å². The van der Waals surface area contributed by atoms with Crippen LogP contribution in [0.1, 0.15) is 39.5 Å². The minimum absolute atomic E-state index is 0.237. The molecule has 82 valence electrons. The van der Waals surface area contributed by atoms with Gasteiger partial charge in [0.25, 0.3) is 0 Å². The molecule has 0 saturated heterocycles. The number of hydrogen-bond donors (Lipinski definition) is 1. The molecule has 0 radical (unpaired) electrons. The van der Waals surface area contributed by atoms with Crippen LogP contribution in [0.15, 0.2) is 0 Å². The topological polar surface area (TPSA) is 52.3 Å². The summed E-state index contributed by atoms with van der Waals surface area (Å²) in [5.74, 6) is 1.02. The summed E-state index contributed by atoms with van der Waals surface area (Å²) in [6.45, 7) is 4.66. The average molecular weight is 199 g/mol. The maximum atomic E-state index is 11.3. The first-order valence-corrected chi connectivity index (χ1v) is 5.51. The van der Waals surface area contributed by atoms with E-state index < -0.39 is 6.04 Å². The van der Waals surface area contributed by atoms with Crippen molar-refractivity contribution in [2.45, 2.75) is 45.6 Å². The van der Waals surface area contributed by atoms with Crippen molar-refractivity contribution < 1.29 is 9.53 Å². The summed E-state index contributed by atoms with van der Waals surface area (Å²) in [5.41, 5.74) is 5.68. The first-order chi connectivity index (χ1) is 6.59. The largest absolute Gasteiger partial charge is 0.465 e. The lowest BCUT2D eigenvalue weighted by Gasteiger charge is -2.13. The Morgan fingerprint density at radius 3 is 2.64 bits per heavy atom. The molecule has 0 aromatic heterocycles. The molecule has 1 aliphatic carbocycles. The van der Waals surface area contributed by atoms with E-state index in [9.17, 15) is 4.79 Å². The van der Waals surface area contributed by atoms with Crippen molar-refractivity contribution in [3.8, 4) is 0 Å². The fourth-order valence-electron chi connectivity index (χ4n) is 1.44. The Labute approximate surface area is 86.0 Å². The zero-order chi connectivity index (χ0) is 10.6. The molecule has 0 spiro atoms. The van der Waals surface area contributed by atoms with Crippen LogP contribution in [0.2, 0.25) is 0 Å². The number of rotatable bonds is 6. The van der Waals surface area contributed by atoms with Gasteiger partial charge in [-0.2, -0.15) is 0 Å². The van der Waals surface area contributed by atoms with Gasteiger partial charge in [0.15, 0.2) is 0 Å². The van der Waals surface area contributed by atoms with Crippen LogP contribution in [-0.2, 0) is 9.53 Å². The van der Waals surface area contributed by atoms with Gasteiger partial charge in [-0.1, -0.05) is 26.7 Å². The third-order valence-electron chi connectivity index (χ3n) is 2.50. The fourth-order valence-corrected chi connectivity index (χ4v) is 1.44. The maximum absolute atomic E-state index is 11.3. The number of hydrogen-bond acceptors (Lipinski definition) is 3. The predicted octanol–water partition coefficient (Wildman–Crippen LogP) is 1.70. The highest BCUT2D eigenvalue weighted by atomic mass is 16.5. The van der Waals surface area contributed by atoms with Gasteiger partial charge in [-0.25, -0.2) is 0 Å². The van der Waals surface area contributed by atoms with Crippen molar-refractivity contribution in [1.82, 2.24) is 0 Å². The van der Waals surface area contributed by atoms with E-state index in [1.165, 1.54) is 12.8 Å². The third kappa shape index (κ3) is 4.61. The summed E-state index contributed by atoms with van der Waals surface area (Å²) in [7, 11) is 0. The summed E-state index contributed by atoms with van der Waals surface area (Å²) in [5, 5.41) is 0. The van der Waals surface area contributed by atoms with Crippen LogP contribution in [0.3, 0.4) is 0 Å². The van der Waals surface area contributed by atoms with Crippen LogP contribution in [-0.4, -0.2) is 18.6 Å². The van der Waals surface area contributed by atoms with E-state index in [4.69, 9.17) is 10.5 Å². The highest BCUT2D eigenvalue weighted by Gasteiger charge is 2.22. The monoisotopic (exact) mass is 199 g/mol. The van der Waals surface area contributed by atoms with Gasteiger partial charge in [0.1, 0.15) is 6.04 Å². The van der Waals surface area contributed by atoms with E-state index in [2.05, 4.69) is 13.8 Å². The molecule has 0 aromatic rings. The van der Waals surface area contributed by atoms with Crippen molar-refractivity contribution >= 4 is 5.97 Å². The molecule has 3 heteroatoms. The fraction of sp³-hybridized carbons (Fsp3) is 0.909. The molecular weight excluding hydrogens is 178 g/mol. The molecule has 1 unspecified atom stereocenters. The second kappa shape index (κ2) is 5.35. The molecule has 1 saturated carbocycles. The molecule has 0 bridgehead atoms. The zero-order valence-electron chi connectivity index (χ0n) is 9.16. The molecule has 1 fully saturated rings. The van der Waals surface area contributed by atoms with Crippen molar-refractivity contribution in [3.63, 3.8) is 0 Å². The van der Waals surface area contributed by atoms with Crippen molar-refractivity contribution in [1.29, 1.82) is 0 Å². The minimum atomic E-state index is -0.436. The normalized spacial score (nSPS) is 18.3. The van der Waals surface area contributed by atoms with E-state index in [1.54, 1.807) is 0 Å². The molecule has 14 heavy (non-hydrogen) atoms. The van der Waals surface area contributed by atoms with Crippen LogP contribution in [0.25, 0.3) is 0 Å². The SMILES string of the molecule is CC(C)CC(N)C(=O)OCCC1CC1. The van der Waals surface area contributed by atoms with Crippen LogP contribution in [0.4, 0.5) is 0 Å². The number of esters is 1. The molecule has 1 aliphatic rings. The minimum Gasteiger partial charge on any atom is -0.465 e. The number of carbonyl (C=O) groups excluding carboxylic acids is 1. The lowest BCUT2D eigenvalue weighted by atomic mass is 10.1. The van der Waals surface area contributed by atoms with E-state index in [1.807, 2.05) is 0 Å². The number of ether oxygens (including phenoxy) is 1. The molecular formula is C11H21NO2. The molecule has 2 N–H and O–H groups in total. The smallest absolute Gasteiger partial charge is 0.322 e. The number of carbonyl (C=O) groups is 1. The second-order valence-electron chi connectivity index (χ2n) is 4.64. The van der Waals surface area contributed by atoms with Crippen LogP contribution in [0, 0.1) is 11.8 Å². The van der Waals surface area contributed by atoms with Crippen molar-refractivity contribution in [2.75, 3.05) is 6.61 Å². The predicted molar refractivity (Wildman–Crippen MR) is 55.7 cm³/mol. The summed E-state index contributed by atoms with van der Waals surface area (Å²) in [6, 6.07) is -0.436. The average Bonchev–Trinajstić information content (AvgIpc) is 2.86. The summed E-state index contributed by atoms with van der Waals surface area (Å²) >= 11 is 0. The van der Waals surface area contributed by atoms with Gasteiger partial charge in [0, 0.05) is 0 Å². The Balaban J connectivity index is 2.06. The Bertz CT molecular complexity index is 188. The van der Waals surface area contributed by atoms with Gasteiger partial charge in [-0.15, -0.1) is 0 Å². The second-order valence-corrected chi connectivity index (χ2v) is 4.64. The van der Waals surface area contributed by atoms with E-state index >= 15 is 0 Å². The first kappa shape index (κ1) is 11.5. The highest BCUT2D eigenvalue weighted by Crippen LogP contribution is 2.32. The Hall–Kier alpha value is -0.570. The third-order valence-corrected chi connectivity index (χ3v) is 2.50. The summed E-state index contributed by atoms with van der Waals surface area (Å²) < 4.78 is 5.09. The van der Waals surface area contributed by atoms with Gasteiger partial charge in [0.05, 0.1) is 6.61 Å². The van der Waals surface area contributed by atoms with Gasteiger partial charge in [-0.3, -0.25) is 4.79 Å². The molecule has 0 heterocycles. The van der Waals surface area contributed by atoms with E-state index in [0.717, 1.165) is 12.3 Å². The molecule has 3 nitrogen and oxygen atoms in total. The first-order valence-electron chi connectivity index (χ1n) is 5.51. The van der Waals surface area contributed by atoms with Gasteiger partial charge >= 0.3 is 5.97 Å². The van der Waals surface area contributed by atoms with Gasteiger partial charge in [-0.05, 0) is 24.7 Å². The molecule has 0 amide bonds. The molecule has 0 aromatic carbocycles. The van der Waals surface area contributed by atoms with E-state index in [-0.39, 0.29) is 5.97 Å². The number of nitrogens with two attached hydrogens (primary N) is 1. The Kier molecular flexibility index (Phi) is 4.39. The summed E-state index contributed by atoms with van der Waals surface area (Å²) in [6.07, 6.45) is 4.33. The lowest BCUT2D eigenvalue weighted by Crippen LogP contribution is -2.33.